The maximum Gasteiger partial charge on any atom is 0.191 e. The first kappa shape index (κ1) is 17.3. The van der Waals surface area contributed by atoms with Crippen molar-refractivity contribution in [2.24, 2.45) is 16.8 Å². The SMILES string of the molecule is CN=C(NCCCN1CCC(C)CC1)NC(C)C(C)C. The maximum atomic E-state index is 4.29. The van der Waals surface area contributed by atoms with Gasteiger partial charge in [-0.1, -0.05) is 20.8 Å². The van der Waals surface area contributed by atoms with Crippen molar-refractivity contribution in [1.82, 2.24) is 15.5 Å². The largest absolute Gasteiger partial charge is 0.356 e. The lowest BCUT2D eigenvalue weighted by molar-refractivity contribution is 0.191. The Hall–Kier alpha value is -0.770. The topological polar surface area (TPSA) is 39.7 Å². The zero-order valence-electron chi connectivity index (χ0n) is 14.1. The van der Waals surface area contributed by atoms with Gasteiger partial charge < -0.3 is 15.5 Å². The van der Waals surface area contributed by atoms with E-state index in [-0.39, 0.29) is 0 Å². The second-order valence-electron chi connectivity index (χ2n) is 6.55. The number of hydrogen-bond donors (Lipinski definition) is 2. The van der Waals surface area contributed by atoms with Gasteiger partial charge in [0.1, 0.15) is 0 Å². The Balaban J connectivity index is 2.13. The van der Waals surface area contributed by atoms with E-state index < -0.39 is 0 Å². The quantitative estimate of drug-likeness (QED) is 0.446. The fourth-order valence-electron chi connectivity index (χ4n) is 2.37. The van der Waals surface area contributed by atoms with Crippen molar-refractivity contribution in [2.45, 2.75) is 53.0 Å². The van der Waals surface area contributed by atoms with E-state index >= 15 is 0 Å². The van der Waals surface area contributed by atoms with Gasteiger partial charge in [0.2, 0.25) is 0 Å². The molecule has 0 amide bonds. The first-order valence-corrected chi connectivity index (χ1v) is 8.22. The fraction of sp³-hybridized carbons (Fsp3) is 0.938. The minimum absolute atomic E-state index is 0.449. The summed E-state index contributed by atoms with van der Waals surface area (Å²) in [7, 11) is 1.84. The molecule has 1 saturated heterocycles. The summed E-state index contributed by atoms with van der Waals surface area (Å²) in [5, 5.41) is 6.85. The molecule has 0 aromatic carbocycles. The highest BCUT2D eigenvalue weighted by Gasteiger charge is 2.14. The highest BCUT2D eigenvalue weighted by atomic mass is 15.2. The molecule has 1 atom stereocenters. The molecule has 0 spiro atoms. The summed E-state index contributed by atoms with van der Waals surface area (Å²) in [4.78, 5) is 6.88. The van der Waals surface area contributed by atoms with Crippen LogP contribution in [0.3, 0.4) is 0 Å². The summed E-state index contributed by atoms with van der Waals surface area (Å²) < 4.78 is 0. The van der Waals surface area contributed by atoms with Crippen molar-refractivity contribution in [3.05, 3.63) is 0 Å². The van der Waals surface area contributed by atoms with Gasteiger partial charge in [0.05, 0.1) is 0 Å². The zero-order chi connectivity index (χ0) is 15.0. The predicted molar refractivity (Wildman–Crippen MR) is 88.3 cm³/mol. The van der Waals surface area contributed by atoms with E-state index in [1.165, 1.54) is 38.9 Å². The fourth-order valence-corrected chi connectivity index (χ4v) is 2.37. The Morgan fingerprint density at radius 3 is 2.45 bits per heavy atom. The molecule has 0 aromatic rings. The first-order chi connectivity index (χ1) is 9.52. The summed E-state index contributed by atoms with van der Waals surface area (Å²) in [5.41, 5.74) is 0. The molecule has 0 aliphatic carbocycles. The van der Waals surface area contributed by atoms with Crippen LogP contribution in [0.4, 0.5) is 0 Å². The summed E-state index contributed by atoms with van der Waals surface area (Å²) >= 11 is 0. The van der Waals surface area contributed by atoms with Gasteiger partial charge in [-0.3, -0.25) is 4.99 Å². The van der Waals surface area contributed by atoms with Crippen LogP contribution in [0.25, 0.3) is 0 Å². The standard InChI is InChI=1S/C16H34N4/c1-13(2)15(4)19-16(17-5)18-9-6-10-20-11-7-14(3)8-12-20/h13-15H,6-12H2,1-5H3,(H2,17,18,19). The van der Waals surface area contributed by atoms with E-state index in [4.69, 9.17) is 0 Å². The van der Waals surface area contributed by atoms with Crippen molar-refractivity contribution < 1.29 is 0 Å². The van der Waals surface area contributed by atoms with Crippen molar-refractivity contribution in [3.8, 4) is 0 Å². The van der Waals surface area contributed by atoms with E-state index in [2.05, 4.69) is 48.2 Å². The Labute approximate surface area is 125 Å². The van der Waals surface area contributed by atoms with Crippen LogP contribution in [0.5, 0.6) is 0 Å². The number of nitrogens with zero attached hydrogens (tertiary/aromatic N) is 2. The molecule has 1 aliphatic rings. The van der Waals surface area contributed by atoms with Gasteiger partial charge in [-0.2, -0.15) is 0 Å². The van der Waals surface area contributed by atoms with Crippen molar-refractivity contribution >= 4 is 5.96 Å². The van der Waals surface area contributed by atoms with Crippen LogP contribution >= 0.6 is 0 Å². The smallest absolute Gasteiger partial charge is 0.191 e. The maximum absolute atomic E-state index is 4.29. The molecule has 1 rings (SSSR count). The summed E-state index contributed by atoms with van der Waals surface area (Å²) in [6, 6.07) is 0.449. The number of aliphatic imine (C=N–C) groups is 1. The van der Waals surface area contributed by atoms with Crippen LogP contribution in [-0.4, -0.2) is 50.1 Å². The molecule has 1 fully saturated rings. The lowest BCUT2D eigenvalue weighted by atomic mass is 9.99. The van der Waals surface area contributed by atoms with Crippen LogP contribution in [0.15, 0.2) is 4.99 Å². The van der Waals surface area contributed by atoms with Crippen LogP contribution < -0.4 is 10.6 Å². The molecule has 2 N–H and O–H groups in total. The molecule has 4 nitrogen and oxygen atoms in total. The van der Waals surface area contributed by atoms with Gasteiger partial charge in [0.15, 0.2) is 5.96 Å². The second-order valence-corrected chi connectivity index (χ2v) is 6.55. The van der Waals surface area contributed by atoms with E-state index in [9.17, 15) is 0 Å². The summed E-state index contributed by atoms with van der Waals surface area (Å²) in [5.74, 6) is 2.47. The van der Waals surface area contributed by atoms with E-state index in [1.807, 2.05) is 7.05 Å². The highest BCUT2D eigenvalue weighted by molar-refractivity contribution is 5.79. The molecule has 0 radical (unpaired) electrons. The predicted octanol–water partition coefficient (Wildman–Crippen LogP) is 2.32. The molecule has 118 valence electrons. The van der Waals surface area contributed by atoms with Gasteiger partial charge in [0, 0.05) is 19.6 Å². The minimum Gasteiger partial charge on any atom is -0.356 e. The van der Waals surface area contributed by atoms with Crippen molar-refractivity contribution in [2.75, 3.05) is 33.2 Å². The lowest BCUT2D eigenvalue weighted by Crippen LogP contribution is -2.45. The van der Waals surface area contributed by atoms with Crippen LogP contribution in [0, 0.1) is 11.8 Å². The Morgan fingerprint density at radius 2 is 1.90 bits per heavy atom. The van der Waals surface area contributed by atoms with Crippen LogP contribution in [-0.2, 0) is 0 Å². The second kappa shape index (κ2) is 9.22. The van der Waals surface area contributed by atoms with Crippen molar-refractivity contribution in [3.63, 3.8) is 0 Å². The molecule has 1 aliphatic heterocycles. The third-order valence-corrected chi connectivity index (χ3v) is 4.41. The molecule has 0 aromatic heterocycles. The zero-order valence-corrected chi connectivity index (χ0v) is 14.1. The molecule has 0 saturated carbocycles. The lowest BCUT2D eigenvalue weighted by Gasteiger charge is -2.30. The van der Waals surface area contributed by atoms with Gasteiger partial charge in [0.25, 0.3) is 0 Å². The molecular formula is C16H34N4. The van der Waals surface area contributed by atoms with Gasteiger partial charge in [-0.05, 0) is 57.7 Å². The van der Waals surface area contributed by atoms with Crippen LogP contribution in [0.1, 0.15) is 47.0 Å². The summed E-state index contributed by atoms with van der Waals surface area (Å²) in [6.07, 6.45) is 3.91. The molecular weight excluding hydrogens is 248 g/mol. The number of rotatable bonds is 6. The summed E-state index contributed by atoms with van der Waals surface area (Å²) in [6.45, 7) is 13.8. The van der Waals surface area contributed by atoms with Gasteiger partial charge >= 0.3 is 0 Å². The average Bonchev–Trinajstić information content (AvgIpc) is 2.43. The molecule has 4 heteroatoms. The average molecular weight is 282 g/mol. The van der Waals surface area contributed by atoms with E-state index in [0.717, 1.165) is 18.4 Å². The number of nitrogens with one attached hydrogen (secondary N) is 2. The molecule has 1 unspecified atom stereocenters. The number of guanidine groups is 1. The number of piperidine rings is 1. The first-order valence-electron chi connectivity index (χ1n) is 8.22. The Morgan fingerprint density at radius 1 is 1.25 bits per heavy atom. The third-order valence-electron chi connectivity index (χ3n) is 4.41. The number of likely N-dealkylation sites (tertiary alicyclic amines) is 1. The van der Waals surface area contributed by atoms with Gasteiger partial charge in [-0.25, -0.2) is 0 Å². The Kier molecular flexibility index (Phi) is 7.97. The minimum atomic E-state index is 0.449. The molecule has 1 heterocycles. The van der Waals surface area contributed by atoms with Gasteiger partial charge in [-0.15, -0.1) is 0 Å². The molecule has 0 bridgehead atoms. The van der Waals surface area contributed by atoms with E-state index in [0.29, 0.717) is 12.0 Å². The third kappa shape index (κ3) is 6.60. The highest BCUT2D eigenvalue weighted by Crippen LogP contribution is 2.15. The Bertz CT molecular complexity index is 280. The van der Waals surface area contributed by atoms with Crippen molar-refractivity contribution in [1.29, 1.82) is 0 Å². The van der Waals surface area contributed by atoms with E-state index in [1.54, 1.807) is 0 Å². The molecule has 20 heavy (non-hydrogen) atoms. The monoisotopic (exact) mass is 282 g/mol. The normalized spacial score (nSPS) is 20.2. The van der Waals surface area contributed by atoms with Crippen LogP contribution in [0.2, 0.25) is 0 Å². The number of hydrogen-bond acceptors (Lipinski definition) is 2.